The first kappa shape index (κ1) is 46.2. The second-order valence-corrected chi connectivity index (χ2v) is 19.6. The van der Waals surface area contributed by atoms with E-state index in [4.69, 9.17) is 0 Å². The molecule has 4 aliphatic heterocycles. The average molecular weight is 940 g/mol. The largest absolute Gasteiger partial charge is 0.388 e. The number of imide groups is 1. The number of anilines is 2. The minimum atomic E-state index is -0.712. The number of amides is 3. The first-order valence-corrected chi connectivity index (χ1v) is 24.5. The van der Waals surface area contributed by atoms with E-state index >= 15 is 4.39 Å². The van der Waals surface area contributed by atoms with E-state index in [1.165, 1.54) is 10.6 Å². The zero-order chi connectivity index (χ0) is 48.2. The van der Waals surface area contributed by atoms with Gasteiger partial charge in [-0.2, -0.15) is 0 Å². The number of rotatable bonds is 10. The lowest BCUT2D eigenvalue weighted by molar-refractivity contribution is -0.135. The number of carbonyl (C=O) groups is 3. The molecule has 0 bridgehead atoms. The van der Waals surface area contributed by atoms with Crippen molar-refractivity contribution in [2.75, 3.05) is 76.2 Å². The van der Waals surface area contributed by atoms with Crippen LogP contribution < -0.4 is 26.8 Å². The second-order valence-electron chi connectivity index (χ2n) is 19.6. The highest BCUT2D eigenvalue weighted by molar-refractivity contribution is 6.00. The van der Waals surface area contributed by atoms with Gasteiger partial charge in [-0.1, -0.05) is 0 Å². The van der Waals surface area contributed by atoms with E-state index < -0.39 is 11.9 Å². The van der Waals surface area contributed by atoms with Crippen LogP contribution in [-0.2, 0) is 23.7 Å². The molecule has 8 heterocycles. The normalized spacial score (nSPS) is 19.7. The third-order valence-corrected chi connectivity index (χ3v) is 15.7. The maximum absolute atomic E-state index is 16.2. The summed E-state index contributed by atoms with van der Waals surface area (Å²) in [5.41, 5.74) is 7.49. The van der Waals surface area contributed by atoms with Crippen molar-refractivity contribution in [3.05, 3.63) is 116 Å². The number of imidazole rings is 1. The fourth-order valence-corrected chi connectivity index (χ4v) is 11.7. The Hall–Kier alpha value is -6.59. The number of aryl methyl sites for hydroxylation is 3. The maximum Gasteiger partial charge on any atom is 0.329 e. The molecule has 10 rings (SSSR count). The summed E-state index contributed by atoms with van der Waals surface area (Å²) < 4.78 is 23.0. The van der Waals surface area contributed by atoms with Gasteiger partial charge >= 0.3 is 5.69 Å². The number of pyridine rings is 2. The molecule has 2 N–H and O–H groups in total. The molecule has 0 spiro atoms. The van der Waals surface area contributed by atoms with E-state index in [1.807, 2.05) is 55.3 Å². The van der Waals surface area contributed by atoms with Crippen LogP contribution >= 0.6 is 0 Å². The smallest absolute Gasteiger partial charge is 0.329 e. The van der Waals surface area contributed by atoms with Crippen LogP contribution in [0.1, 0.15) is 90.6 Å². The zero-order valence-corrected chi connectivity index (χ0v) is 40.2. The Balaban J connectivity index is 0.712. The molecule has 2 aromatic carbocycles. The number of aromatic nitrogens is 5. The van der Waals surface area contributed by atoms with Crippen molar-refractivity contribution in [3.63, 3.8) is 0 Å². The number of fused-ring (bicyclic) bond motifs is 2. The lowest BCUT2D eigenvalue weighted by Crippen LogP contribution is -2.49. The Morgan fingerprint density at radius 3 is 2.30 bits per heavy atom. The van der Waals surface area contributed by atoms with Crippen LogP contribution in [0, 0.1) is 18.7 Å². The number of nitrogens with zero attached hydrogens (tertiary/aromatic N) is 9. The molecular weight excluding hydrogens is 878 g/mol. The number of piperazine rings is 1. The van der Waals surface area contributed by atoms with Gasteiger partial charge in [-0.25, -0.2) is 14.2 Å². The van der Waals surface area contributed by atoms with Crippen molar-refractivity contribution in [3.8, 4) is 5.69 Å². The Morgan fingerprint density at radius 1 is 0.855 bits per heavy atom. The van der Waals surface area contributed by atoms with Crippen LogP contribution in [0.5, 0.6) is 0 Å². The van der Waals surface area contributed by atoms with E-state index in [-0.39, 0.29) is 47.3 Å². The third kappa shape index (κ3) is 8.64. The summed E-state index contributed by atoms with van der Waals surface area (Å²) in [5.74, 6) is -0.620. The van der Waals surface area contributed by atoms with Gasteiger partial charge in [-0.15, -0.1) is 0 Å². The van der Waals surface area contributed by atoms with Crippen LogP contribution in [0.4, 0.5) is 15.8 Å². The predicted octanol–water partition coefficient (Wildman–Crippen LogP) is 5.46. The van der Waals surface area contributed by atoms with Crippen LogP contribution in [-0.4, -0.2) is 122 Å². The molecule has 2 atom stereocenters. The van der Waals surface area contributed by atoms with Crippen LogP contribution in [0.15, 0.2) is 76.6 Å². The second kappa shape index (κ2) is 18.7. The number of benzene rings is 2. The van der Waals surface area contributed by atoms with Crippen molar-refractivity contribution in [2.45, 2.75) is 70.4 Å². The van der Waals surface area contributed by atoms with Crippen LogP contribution in [0.25, 0.3) is 27.8 Å². The summed E-state index contributed by atoms with van der Waals surface area (Å²) in [6.45, 7) is 11.5. The number of hydrogen-bond donors (Lipinski definition) is 2. The van der Waals surface area contributed by atoms with Gasteiger partial charge in [0.1, 0.15) is 17.5 Å². The minimum Gasteiger partial charge on any atom is -0.388 e. The van der Waals surface area contributed by atoms with E-state index in [0.717, 1.165) is 122 Å². The summed E-state index contributed by atoms with van der Waals surface area (Å²) >= 11 is 0. The highest BCUT2D eigenvalue weighted by atomic mass is 19.1. The molecule has 4 aliphatic rings. The van der Waals surface area contributed by atoms with Gasteiger partial charge in [0.15, 0.2) is 0 Å². The summed E-state index contributed by atoms with van der Waals surface area (Å²) in [6.07, 6.45) is 7.45. The number of hydrogen-bond acceptors (Lipinski definition) is 10. The van der Waals surface area contributed by atoms with E-state index in [9.17, 15) is 24.0 Å². The SMILES string of the molecule is CNc1ccn(-c2ccnc3c2cc([C@H](C)N2CCC(c4c(C)cc(C(=O)N5CCC(CN6CCN(c7ccc8c(c7)n(C)c(=O)n8[C@@H]7CCC(=O)NC7=O)CC6)CC5)cc4F)CC2)n3C)c(=O)c1. The minimum absolute atomic E-state index is 0.0574. The Labute approximate surface area is 400 Å². The van der Waals surface area contributed by atoms with Gasteiger partial charge < -0.3 is 19.7 Å². The summed E-state index contributed by atoms with van der Waals surface area (Å²) in [7, 11) is 5.53. The van der Waals surface area contributed by atoms with Gasteiger partial charge in [-0.05, 0) is 131 Å². The third-order valence-electron chi connectivity index (χ3n) is 15.7. The van der Waals surface area contributed by atoms with E-state index in [2.05, 4.69) is 47.9 Å². The fourth-order valence-electron chi connectivity index (χ4n) is 11.7. The molecule has 3 amide bonds. The highest BCUT2D eigenvalue weighted by Gasteiger charge is 2.34. The Morgan fingerprint density at radius 2 is 1.61 bits per heavy atom. The number of nitrogens with one attached hydrogen (secondary N) is 2. The van der Waals surface area contributed by atoms with Crippen LogP contribution in [0.2, 0.25) is 0 Å². The van der Waals surface area contributed by atoms with E-state index in [0.29, 0.717) is 36.5 Å². The first-order chi connectivity index (χ1) is 33.3. The van der Waals surface area contributed by atoms with Crippen molar-refractivity contribution in [2.24, 2.45) is 20.0 Å². The van der Waals surface area contributed by atoms with Gasteiger partial charge in [-0.3, -0.25) is 48.0 Å². The summed E-state index contributed by atoms with van der Waals surface area (Å²) in [5, 5.41) is 6.30. The Kier molecular flexibility index (Phi) is 12.5. The Bertz CT molecular complexity index is 3070. The number of carbonyl (C=O) groups excluding carboxylic acids is 3. The van der Waals surface area contributed by atoms with Gasteiger partial charge in [0, 0.05) is 126 Å². The zero-order valence-electron chi connectivity index (χ0n) is 40.2. The molecule has 0 aliphatic carbocycles. The highest BCUT2D eigenvalue weighted by Crippen LogP contribution is 2.37. The molecule has 4 fully saturated rings. The molecule has 69 heavy (non-hydrogen) atoms. The summed E-state index contributed by atoms with van der Waals surface area (Å²) in [6, 6.07) is 16.1. The lowest BCUT2D eigenvalue weighted by atomic mass is 9.85. The monoisotopic (exact) mass is 939 g/mol. The van der Waals surface area contributed by atoms with Crippen molar-refractivity contribution in [1.82, 2.24) is 43.3 Å². The molecule has 4 aromatic heterocycles. The number of halogens is 1. The van der Waals surface area contributed by atoms with E-state index in [1.54, 1.807) is 41.7 Å². The first-order valence-electron chi connectivity index (χ1n) is 24.5. The van der Waals surface area contributed by atoms with Gasteiger partial charge in [0.05, 0.1) is 16.7 Å². The topological polar surface area (TPSA) is 155 Å². The molecule has 0 radical (unpaired) electrons. The lowest BCUT2D eigenvalue weighted by Gasteiger charge is -2.39. The average Bonchev–Trinajstić information content (AvgIpc) is 3.82. The fraction of sp³-hybridized carbons (Fsp3) is 0.462. The molecule has 17 heteroatoms. The molecule has 16 nitrogen and oxygen atoms in total. The van der Waals surface area contributed by atoms with Gasteiger partial charge in [0.25, 0.3) is 11.5 Å². The van der Waals surface area contributed by atoms with Crippen LogP contribution in [0.3, 0.4) is 0 Å². The standard InChI is InChI=1S/C52H62FN11O5/c1-32-26-36(27-40(53)48(32)35-13-19-60(20-14-35)33(2)44-30-39-41(10-16-55-49(39)57(44)4)63-21-15-37(54-3)28-47(63)66)51(68)62-17-11-34(12-18-62)31-59-22-24-61(25-23-59)38-6-7-42-45(29-38)58(5)52(69)64(42)43-8-9-46(65)56-50(43)67/h6-7,10,15-16,21,26-30,33-35,43,54H,8-9,11-14,17-20,22-25,31H2,1-5H3,(H,56,65,67)/t33-,43+/m0/s1. The molecular formula is C52H62FN11O5. The maximum atomic E-state index is 16.2. The summed E-state index contributed by atoms with van der Waals surface area (Å²) in [4.78, 5) is 78.4. The quantitative estimate of drug-likeness (QED) is 0.169. The van der Waals surface area contributed by atoms with Gasteiger partial charge in [0.2, 0.25) is 11.8 Å². The predicted molar refractivity (Wildman–Crippen MR) is 265 cm³/mol. The number of likely N-dealkylation sites (tertiary alicyclic amines) is 2. The van der Waals surface area contributed by atoms with Crippen molar-refractivity contribution < 1.29 is 18.8 Å². The molecule has 0 unspecified atom stereocenters. The molecule has 6 aromatic rings. The molecule has 4 saturated heterocycles. The molecule has 0 saturated carbocycles. The number of piperidine rings is 3. The van der Waals surface area contributed by atoms with Crippen molar-refractivity contribution in [1.29, 1.82) is 0 Å². The van der Waals surface area contributed by atoms with Crippen molar-refractivity contribution >= 4 is 51.2 Å². The molecule has 362 valence electrons.